The number of halogens is 3. The van der Waals surface area contributed by atoms with E-state index in [-0.39, 0.29) is 24.3 Å². The lowest BCUT2D eigenvalue weighted by molar-refractivity contribution is -0.139. The average Bonchev–Trinajstić information content (AvgIpc) is 2.70. The van der Waals surface area contributed by atoms with Crippen molar-refractivity contribution >= 4 is 11.7 Å². The molecule has 0 amide bonds. The number of carbonyl (C=O) groups is 1. The Balaban J connectivity index is 0.00000204. The third-order valence-corrected chi connectivity index (χ3v) is 4.17. The number of rotatable bonds is 6. The molecular formula is C19H29F3N4O3. The first-order chi connectivity index (χ1) is 13.8. The first-order valence-corrected chi connectivity index (χ1v) is 9.48. The van der Waals surface area contributed by atoms with Gasteiger partial charge in [-0.2, -0.15) is 13.2 Å². The fourth-order valence-corrected chi connectivity index (χ4v) is 2.77. The van der Waals surface area contributed by atoms with Crippen molar-refractivity contribution in [2.75, 3.05) is 24.6 Å². The van der Waals surface area contributed by atoms with Gasteiger partial charge in [0.05, 0.1) is 12.2 Å². The van der Waals surface area contributed by atoms with Crippen LogP contribution in [-0.4, -0.2) is 31.8 Å². The molecule has 0 aliphatic carbocycles. The Bertz CT molecular complexity index is 670. The van der Waals surface area contributed by atoms with Crippen LogP contribution in [0.25, 0.3) is 0 Å². The van der Waals surface area contributed by atoms with Crippen LogP contribution in [-0.2, 0) is 20.4 Å². The molecule has 0 saturated carbocycles. The summed E-state index contributed by atoms with van der Waals surface area (Å²) in [5, 5.41) is 0. The summed E-state index contributed by atoms with van der Waals surface area (Å²) in [5.74, 6) is 4.44. The van der Waals surface area contributed by atoms with Gasteiger partial charge < -0.3 is 25.5 Å². The summed E-state index contributed by atoms with van der Waals surface area (Å²) in [4.78, 5) is 13.7. The number of hydrazine groups is 1. The van der Waals surface area contributed by atoms with Crippen LogP contribution in [0.1, 0.15) is 39.2 Å². The van der Waals surface area contributed by atoms with Crippen molar-refractivity contribution in [2.24, 2.45) is 11.6 Å². The molecule has 1 fully saturated rings. The van der Waals surface area contributed by atoms with E-state index in [1.54, 1.807) is 6.92 Å². The zero-order valence-electron chi connectivity index (χ0n) is 16.9. The molecule has 10 heteroatoms. The van der Waals surface area contributed by atoms with Crippen molar-refractivity contribution in [1.29, 1.82) is 0 Å². The van der Waals surface area contributed by atoms with E-state index < -0.39 is 17.7 Å². The van der Waals surface area contributed by atoms with Gasteiger partial charge in [-0.3, -0.25) is 5.84 Å². The number of esters is 1. The highest BCUT2D eigenvalue weighted by atomic mass is 19.4. The highest BCUT2D eigenvalue weighted by Gasteiger charge is 2.30. The maximum absolute atomic E-state index is 12.6. The second-order valence-corrected chi connectivity index (χ2v) is 5.95. The van der Waals surface area contributed by atoms with Crippen molar-refractivity contribution in [3.05, 3.63) is 41.4 Å². The number of benzene rings is 1. The molecule has 1 aliphatic heterocycles. The molecule has 1 aromatic rings. The van der Waals surface area contributed by atoms with E-state index in [9.17, 15) is 18.0 Å². The molecular weight excluding hydrogens is 389 g/mol. The molecule has 0 spiro atoms. The van der Waals surface area contributed by atoms with Crippen molar-refractivity contribution in [1.82, 2.24) is 5.43 Å². The van der Waals surface area contributed by atoms with E-state index in [2.05, 4.69) is 5.43 Å². The van der Waals surface area contributed by atoms with E-state index in [4.69, 9.17) is 21.1 Å². The van der Waals surface area contributed by atoms with Gasteiger partial charge in [-0.25, -0.2) is 4.79 Å². The second-order valence-electron chi connectivity index (χ2n) is 5.95. The predicted molar refractivity (Wildman–Crippen MR) is 104 cm³/mol. The summed E-state index contributed by atoms with van der Waals surface area (Å²) in [6.07, 6.45) is -3.42. The fraction of sp³-hybridized carbons (Fsp3) is 0.526. The molecule has 2 rings (SSSR count). The van der Waals surface area contributed by atoms with Crippen molar-refractivity contribution in [3.63, 3.8) is 0 Å². The number of hydrogen-bond acceptors (Lipinski definition) is 7. The normalized spacial score (nSPS) is 15.6. The Kier molecular flexibility index (Phi) is 9.60. The number of ether oxygens (including phenoxy) is 2. The van der Waals surface area contributed by atoms with Gasteiger partial charge in [0.1, 0.15) is 6.10 Å². The Hall–Kier alpha value is -2.62. The lowest BCUT2D eigenvalue weighted by atomic mass is 10.1. The lowest BCUT2D eigenvalue weighted by Gasteiger charge is -2.34. The van der Waals surface area contributed by atoms with Crippen LogP contribution in [0, 0.1) is 0 Å². The Morgan fingerprint density at radius 1 is 1.21 bits per heavy atom. The van der Waals surface area contributed by atoms with E-state index >= 15 is 0 Å². The third-order valence-electron chi connectivity index (χ3n) is 4.17. The van der Waals surface area contributed by atoms with Gasteiger partial charge >= 0.3 is 12.1 Å². The zero-order chi connectivity index (χ0) is 22.0. The molecule has 7 nitrogen and oxygen atoms in total. The summed E-state index contributed by atoms with van der Waals surface area (Å²) in [7, 11) is 0. The van der Waals surface area contributed by atoms with Crippen molar-refractivity contribution in [3.8, 4) is 0 Å². The molecule has 0 bridgehead atoms. The van der Waals surface area contributed by atoms with Gasteiger partial charge in [0.2, 0.25) is 5.88 Å². The monoisotopic (exact) mass is 418 g/mol. The molecule has 0 atom stereocenters. The third kappa shape index (κ3) is 7.04. The summed E-state index contributed by atoms with van der Waals surface area (Å²) in [6.45, 7) is 6.98. The minimum Gasteiger partial charge on any atom is -0.474 e. The minimum atomic E-state index is -4.35. The molecule has 0 unspecified atom stereocenters. The Labute approximate surface area is 168 Å². The maximum Gasteiger partial charge on any atom is 0.416 e. The van der Waals surface area contributed by atoms with Crippen molar-refractivity contribution < 1.29 is 27.4 Å². The van der Waals surface area contributed by atoms with Crippen LogP contribution in [0.3, 0.4) is 0 Å². The fourth-order valence-electron chi connectivity index (χ4n) is 2.77. The van der Waals surface area contributed by atoms with Gasteiger partial charge in [-0.15, -0.1) is 0 Å². The molecule has 1 saturated heterocycles. The highest BCUT2D eigenvalue weighted by Crippen LogP contribution is 2.31. The molecule has 1 heterocycles. The smallest absolute Gasteiger partial charge is 0.416 e. The predicted octanol–water partition coefficient (Wildman–Crippen LogP) is 2.87. The number of nitrogens with one attached hydrogen (secondary N) is 1. The minimum absolute atomic E-state index is 0.149. The van der Waals surface area contributed by atoms with Crippen LogP contribution in [0.2, 0.25) is 0 Å². The van der Waals surface area contributed by atoms with E-state index in [1.165, 1.54) is 12.1 Å². The lowest BCUT2D eigenvalue weighted by Crippen LogP contribution is -2.39. The van der Waals surface area contributed by atoms with Crippen molar-refractivity contribution in [2.45, 2.75) is 45.9 Å². The van der Waals surface area contributed by atoms with Crippen LogP contribution < -0.4 is 21.9 Å². The van der Waals surface area contributed by atoms with Gasteiger partial charge in [0.25, 0.3) is 0 Å². The van der Waals surface area contributed by atoms with Gasteiger partial charge in [-0.1, -0.05) is 13.8 Å². The summed E-state index contributed by atoms with van der Waals surface area (Å²) in [6, 6.07) is 5.04. The molecule has 29 heavy (non-hydrogen) atoms. The molecule has 1 aliphatic rings. The van der Waals surface area contributed by atoms with Crippen LogP contribution in [0.4, 0.5) is 18.9 Å². The first-order valence-electron chi connectivity index (χ1n) is 9.48. The first kappa shape index (κ1) is 24.4. The second kappa shape index (κ2) is 11.4. The summed E-state index contributed by atoms with van der Waals surface area (Å²) >= 11 is 0. The number of anilines is 1. The molecule has 5 N–H and O–H groups in total. The molecule has 0 aromatic heterocycles. The van der Waals surface area contributed by atoms with Gasteiger partial charge in [-0.05, 0) is 31.2 Å². The number of nitrogens with two attached hydrogens (primary N) is 2. The number of carbonyl (C=O) groups excluding carboxylic acids is 1. The average molecular weight is 418 g/mol. The SMILES string of the molecule is CC.CCOC(=O)/C(NN)=C(/N)OC1CCN(c2ccc(C(F)(F)F)cc2)CC1. The van der Waals surface area contributed by atoms with E-state index in [0.717, 1.165) is 12.1 Å². The number of piperidine rings is 1. The number of hydrogen-bond donors (Lipinski definition) is 3. The quantitative estimate of drug-likeness (QED) is 0.215. The van der Waals surface area contributed by atoms with E-state index in [1.807, 2.05) is 18.7 Å². The standard InChI is InChI=1S/C17H23F3N4O3.C2H6/c1-2-26-16(25)14(23-22)15(21)27-13-7-9-24(10-8-13)12-5-3-11(4-6-12)17(18,19)20;1-2/h3-6,13,23H,2,7-10,21-22H2,1H3;1-2H3/b15-14+;. The number of nitrogens with zero attached hydrogens (tertiary/aromatic N) is 1. The molecule has 0 radical (unpaired) electrons. The van der Waals surface area contributed by atoms with Crippen LogP contribution >= 0.6 is 0 Å². The zero-order valence-corrected chi connectivity index (χ0v) is 16.9. The van der Waals surface area contributed by atoms with Crippen LogP contribution in [0.15, 0.2) is 35.8 Å². The largest absolute Gasteiger partial charge is 0.474 e. The van der Waals surface area contributed by atoms with Gasteiger partial charge in [0.15, 0.2) is 5.70 Å². The Morgan fingerprint density at radius 3 is 2.21 bits per heavy atom. The summed E-state index contributed by atoms with van der Waals surface area (Å²) < 4.78 is 48.3. The maximum atomic E-state index is 12.6. The van der Waals surface area contributed by atoms with E-state index in [0.29, 0.717) is 31.6 Å². The summed E-state index contributed by atoms with van der Waals surface area (Å²) in [5.41, 5.74) is 7.85. The Morgan fingerprint density at radius 2 is 1.76 bits per heavy atom. The van der Waals surface area contributed by atoms with Crippen LogP contribution in [0.5, 0.6) is 0 Å². The topological polar surface area (TPSA) is 103 Å². The molecule has 164 valence electrons. The highest BCUT2D eigenvalue weighted by molar-refractivity contribution is 5.88. The van der Waals surface area contributed by atoms with Gasteiger partial charge in [0, 0.05) is 31.6 Å². The number of alkyl halides is 3. The molecule has 1 aromatic carbocycles.